The first-order valence-electron chi connectivity index (χ1n) is 12.3. The largest absolute Gasteiger partial charge is 0.379 e. The molecular weight excluding hydrogens is 460 g/mol. The molecule has 0 bridgehead atoms. The molecule has 35 heavy (non-hydrogen) atoms. The molecule has 182 valence electrons. The van der Waals surface area contributed by atoms with E-state index < -0.39 is 0 Å². The molecule has 1 aromatic heterocycles. The molecule has 7 nitrogen and oxygen atoms in total. The lowest BCUT2D eigenvalue weighted by Crippen LogP contribution is -2.42. The number of fused-ring (bicyclic) bond motifs is 3. The molecule has 6 rings (SSSR count). The number of aromatic nitrogens is 2. The monoisotopic (exact) mass is 490 g/mol. The Morgan fingerprint density at radius 3 is 2.60 bits per heavy atom. The molecule has 8 heteroatoms. The van der Waals surface area contributed by atoms with Gasteiger partial charge in [0.25, 0.3) is 5.91 Å². The van der Waals surface area contributed by atoms with Crippen LogP contribution in [0.2, 0.25) is 0 Å². The molecule has 0 spiro atoms. The number of hydrogen-bond donors (Lipinski definition) is 0. The molecule has 2 fully saturated rings. The van der Waals surface area contributed by atoms with E-state index in [-0.39, 0.29) is 5.91 Å². The Morgan fingerprint density at radius 2 is 1.80 bits per heavy atom. The van der Waals surface area contributed by atoms with Crippen molar-refractivity contribution in [3.05, 3.63) is 65.4 Å². The van der Waals surface area contributed by atoms with Crippen molar-refractivity contribution < 1.29 is 14.3 Å². The van der Waals surface area contributed by atoms with E-state index in [2.05, 4.69) is 60.4 Å². The molecule has 3 aliphatic rings. The van der Waals surface area contributed by atoms with E-state index in [0.29, 0.717) is 38.0 Å². The van der Waals surface area contributed by atoms with Crippen LogP contribution in [0.4, 0.5) is 0 Å². The molecule has 2 aromatic carbocycles. The first-order valence-corrected chi connectivity index (χ1v) is 13.3. The van der Waals surface area contributed by atoms with Crippen LogP contribution < -0.4 is 0 Å². The Balaban J connectivity index is 1.36. The lowest BCUT2D eigenvalue weighted by molar-refractivity contribution is -0.00436. The normalized spacial score (nSPS) is 20.4. The summed E-state index contributed by atoms with van der Waals surface area (Å²) in [6.45, 7) is 8.03. The molecule has 2 saturated heterocycles. The predicted molar refractivity (Wildman–Crippen MR) is 136 cm³/mol. The number of carbonyl (C=O) groups excluding carboxylic acids is 1. The van der Waals surface area contributed by atoms with Crippen LogP contribution in [0.5, 0.6) is 0 Å². The third kappa shape index (κ3) is 4.40. The summed E-state index contributed by atoms with van der Waals surface area (Å²) in [7, 11) is 0. The van der Waals surface area contributed by atoms with Gasteiger partial charge >= 0.3 is 0 Å². The summed E-state index contributed by atoms with van der Waals surface area (Å²) in [6.07, 6.45) is 0. The lowest BCUT2D eigenvalue weighted by atomic mass is 10.0. The molecule has 0 N–H and O–H groups in total. The second-order valence-electron chi connectivity index (χ2n) is 9.34. The summed E-state index contributed by atoms with van der Waals surface area (Å²) in [5.41, 5.74) is 6.00. The van der Waals surface area contributed by atoms with Crippen LogP contribution in [0.3, 0.4) is 0 Å². The molecule has 3 aromatic rings. The van der Waals surface area contributed by atoms with Crippen LogP contribution in [0.15, 0.2) is 53.4 Å². The van der Waals surface area contributed by atoms with Crippen molar-refractivity contribution in [3.63, 3.8) is 0 Å². The van der Waals surface area contributed by atoms with Crippen molar-refractivity contribution in [2.45, 2.75) is 30.2 Å². The van der Waals surface area contributed by atoms with Gasteiger partial charge in [-0.15, -0.1) is 11.8 Å². The minimum Gasteiger partial charge on any atom is -0.379 e. The van der Waals surface area contributed by atoms with Gasteiger partial charge in [0.15, 0.2) is 5.69 Å². The van der Waals surface area contributed by atoms with Crippen molar-refractivity contribution in [1.82, 2.24) is 19.6 Å². The Labute approximate surface area is 210 Å². The topological polar surface area (TPSA) is 59.8 Å². The molecule has 4 heterocycles. The summed E-state index contributed by atoms with van der Waals surface area (Å²) in [5, 5.41) is 4.94. The van der Waals surface area contributed by atoms with Crippen LogP contribution in [0.25, 0.3) is 16.9 Å². The highest BCUT2D eigenvalue weighted by Gasteiger charge is 2.32. The minimum atomic E-state index is 0.00112. The molecule has 1 amide bonds. The zero-order valence-electron chi connectivity index (χ0n) is 20.0. The van der Waals surface area contributed by atoms with Crippen molar-refractivity contribution in [2.75, 3.05) is 46.1 Å². The van der Waals surface area contributed by atoms with E-state index >= 15 is 0 Å². The van der Waals surface area contributed by atoms with Gasteiger partial charge in [0.1, 0.15) is 0 Å². The van der Waals surface area contributed by atoms with Gasteiger partial charge in [-0.2, -0.15) is 5.10 Å². The average Bonchev–Trinajstić information content (AvgIpc) is 3.31. The van der Waals surface area contributed by atoms with Gasteiger partial charge in [0.2, 0.25) is 0 Å². The number of benzene rings is 2. The first kappa shape index (κ1) is 22.8. The van der Waals surface area contributed by atoms with Gasteiger partial charge < -0.3 is 14.4 Å². The number of carbonyl (C=O) groups is 1. The number of hydrogen-bond acceptors (Lipinski definition) is 6. The standard InChI is InChI=1S/C27H30N4O3S/c1-19-17-34-15-12-30(19)16-20-6-8-21(9-7-20)31-26-22-4-2-3-5-24(22)35-18-23(26)25(28-31)27(32)29-10-13-33-14-11-29/h2-9,19H,10-18H2,1H3. The smallest absolute Gasteiger partial charge is 0.274 e. The van der Waals surface area contributed by atoms with Crippen molar-refractivity contribution >= 4 is 17.7 Å². The van der Waals surface area contributed by atoms with E-state index in [1.165, 1.54) is 10.5 Å². The lowest BCUT2D eigenvalue weighted by Gasteiger charge is -2.33. The number of thioether (sulfide) groups is 1. The van der Waals surface area contributed by atoms with Crippen LogP contribution in [-0.4, -0.2) is 77.6 Å². The van der Waals surface area contributed by atoms with Crippen LogP contribution in [-0.2, 0) is 21.8 Å². The molecule has 3 aliphatic heterocycles. The van der Waals surface area contributed by atoms with Crippen molar-refractivity contribution in [3.8, 4) is 16.9 Å². The molecule has 0 saturated carbocycles. The fraction of sp³-hybridized carbons (Fsp3) is 0.407. The number of amides is 1. The predicted octanol–water partition coefficient (Wildman–Crippen LogP) is 3.84. The first-order chi connectivity index (χ1) is 17.2. The van der Waals surface area contributed by atoms with Crippen LogP contribution in [0.1, 0.15) is 28.5 Å². The maximum Gasteiger partial charge on any atom is 0.274 e. The third-order valence-corrected chi connectivity index (χ3v) is 8.17. The summed E-state index contributed by atoms with van der Waals surface area (Å²) in [4.78, 5) is 19.1. The van der Waals surface area contributed by atoms with E-state index in [1.54, 1.807) is 11.8 Å². The highest BCUT2D eigenvalue weighted by Crippen LogP contribution is 2.43. The van der Waals surface area contributed by atoms with Crippen molar-refractivity contribution in [2.24, 2.45) is 0 Å². The maximum absolute atomic E-state index is 13.5. The fourth-order valence-electron chi connectivity index (χ4n) is 5.05. The van der Waals surface area contributed by atoms with Gasteiger partial charge in [-0.1, -0.05) is 30.3 Å². The number of rotatable bonds is 4. The number of ether oxygens (including phenoxy) is 2. The molecule has 1 atom stereocenters. The van der Waals surface area contributed by atoms with E-state index in [1.807, 2.05) is 9.58 Å². The fourth-order valence-corrected chi connectivity index (χ4v) is 6.12. The summed E-state index contributed by atoms with van der Waals surface area (Å²) < 4.78 is 13.0. The van der Waals surface area contributed by atoms with Crippen LogP contribution >= 0.6 is 11.8 Å². The van der Waals surface area contributed by atoms with E-state index in [0.717, 1.165) is 54.6 Å². The highest BCUT2D eigenvalue weighted by molar-refractivity contribution is 7.98. The Morgan fingerprint density at radius 1 is 1.03 bits per heavy atom. The molecule has 0 aliphatic carbocycles. The molecule has 1 unspecified atom stereocenters. The van der Waals surface area contributed by atoms with Crippen LogP contribution in [0, 0.1) is 0 Å². The van der Waals surface area contributed by atoms with Gasteiger partial charge in [-0.05, 0) is 30.7 Å². The number of morpholine rings is 2. The second-order valence-corrected chi connectivity index (χ2v) is 10.4. The summed E-state index contributed by atoms with van der Waals surface area (Å²) in [5.74, 6) is 0.742. The zero-order valence-corrected chi connectivity index (χ0v) is 20.8. The van der Waals surface area contributed by atoms with Gasteiger partial charge in [-0.25, -0.2) is 4.68 Å². The Bertz CT molecular complexity index is 1220. The van der Waals surface area contributed by atoms with Gasteiger partial charge in [0.05, 0.1) is 37.8 Å². The second kappa shape index (κ2) is 9.78. The van der Waals surface area contributed by atoms with E-state index in [4.69, 9.17) is 14.6 Å². The quantitative estimate of drug-likeness (QED) is 0.554. The maximum atomic E-state index is 13.5. The Kier molecular flexibility index (Phi) is 6.37. The van der Waals surface area contributed by atoms with Crippen molar-refractivity contribution in [1.29, 1.82) is 0 Å². The third-order valence-electron chi connectivity index (χ3n) is 7.07. The van der Waals surface area contributed by atoms with Gasteiger partial charge in [0, 0.05) is 54.0 Å². The molecular formula is C27H30N4O3S. The number of nitrogens with zero attached hydrogens (tertiary/aromatic N) is 4. The molecule has 0 radical (unpaired) electrons. The average molecular weight is 491 g/mol. The minimum absolute atomic E-state index is 0.00112. The highest BCUT2D eigenvalue weighted by atomic mass is 32.2. The summed E-state index contributed by atoms with van der Waals surface area (Å²) >= 11 is 1.78. The van der Waals surface area contributed by atoms with E-state index in [9.17, 15) is 4.79 Å². The van der Waals surface area contributed by atoms with Gasteiger partial charge in [-0.3, -0.25) is 9.69 Å². The Hall–Kier alpha value is -2.65. The SMILES string of the molecule is CC1COCCN1Cc1ccc(-n2nc(C(=O)N3CCOCC3)c3c2-c2ccccc2SC3)cc1. The zero-order chi connectivity index (χ0) is 23.8. The summed E-state index contributed by atoms with van der Waals surface area (Å²) in [6, 6.07) is 17.4.